The smallest absolute Gasteiger partial charge is 0.223 e. The molecule has 78 valence electrons. The Bertz CT molecular complexity index is 608. The van der Waals surface area contributed by atoms with Crippen molar-refractivity contribution in [2.24, 2.45) is 0 Å². The lowest BCUT2D eigenvalue weighted by molar-refractivity contribution is 0.477. The number of fused-ring (bicyclic) bond motifs is 2. The molecular weight excluding hydrogens is 202 g/mol. The molecule has 0 saturated carbocycles. The first-order valence-corrected chi connectivity index (χ1v) is 5.02. The van der Waals surface area contributed by atoms with Crippen LogP contribution in [0.25, 0.3) is 0 Å². The molecular formula is C13H9NO2. The molecule has 0 spiro atoms. The van der Waals surface area contributed by atoms with Crippen LogP contribution < -0.4 is 15.5 Å². The van der Waals surface area contributed by atoms with Crippen LogP contribution in [0.5, 0.6) is 11.5 Å². The van der Waals surface area contributed by atoms with Gasteiger partial charge in [0.25, 0.3) is 0 Å². The van der Waals surface area contributed by atoms with Gasteiger partial charge in [0.15, 0.2) is 11.5 Å². The molecule has 0 saturated heterocycles. The van der Waals surface area contributed by atoms with Crippen molar-refractivity contribution in [3.63, 3.8) is 0 Å². The van der Waals surface area contributed by atoms with Crippen molar-refractivity contribution < 1.29 is 4.74 Å². The average molecular weight is 211 g/mol. The fraction of sp³-hybridized carbons (Fsp3) is 0. The highest BCUT2D eigenvalue weighted by atomic mass is 16.5. The number of anilines is 2. The van der Waals surface area contributed by atoms with Crippen molar-refractivity contribution in [3.8, 4) is 11.5 Å². The van der Waals surface area contributed by atoms with Gasteiger partial charge in [-0.1, -0.05) is 24.3 Å². The minimum atomic E-state index is -0.123. The van der Waals surface area contributed by atoms with Gasteiger partial charge in [-0.05, 0) is 24.3 Å². The molecule has 1 aliphatic heterocycles. The Morgan fingerprint density at radius 2 is 1.56 bits per heavy atom. The highest BCUT2D eigenvalue weighted by Gasteiger charge is 2.16. The summed E-state index contributed by atoms with van der Waals surface area (Å²) in [6, 6.07) is 14.4. The summed E-state index contributed by atoms with van der Waals surface area (Å²) in [5, 5.41) is 3.18. The minimum Gasteiger partial charge on any atom is -0.449 e. The maximum Gasteiger partial charge on any atom is 0.223 e. The third-order valence-electron chi connectivity index (χ3n) is 2.46. The second-order valence-electron chi connectivity index (χ2n) is 3.55. The zero-order chi connectivity index (χ0) is 11.0. The van der Waals surface area contributed by atoms with Gasteiger partial charge in [-0.3, -0.25) is 4.79 Å². The quantitative estimate of drug-likeness (QED) is 0.621. The monoisotopic (exact) mass is 211 g/mol. The topological polar surface area (TPSA) is 38.3 Å². The predicted octanol–water partition coefficient (Wildman–Crippen LogP) is 2.90. The van der Waals surface area contributed by atoms with Crippen molar-refractivity contribution in [2.75, 3.05) is 5.32 Å². The molecule has 2 aromatic rings. The maximum atomic E-state index is 11.7. The van der Waals surface area contributed by atoms with E-state index < -0.39 is 0 Å². The van der Waals surface area contributed by atoms with Gasteiger partial charge in [-0.25, -0.2) is 0 Å². The van der Waals surface area contributed by atoms with E-state index in [1.807, 2.05) is 36.4 Å². The van der Waals surface area contributed by atoms with Gasteiger partial charge in [0.2, 0.25) is 5.43 Å². The molecule has 0 fully saturated rings. The molecule has 1 heterocycles. The van der Waals surface area contributed by atoms with Gasteiger partial charge in [0, 0.05) is 0 Å². The number of nitrogens with one attached hydrogen (secondary N) is 1. The molecule has 0 amide bonds. The van der Waals surface area contributed by atoms with E-state index in [9.17, 15) is 4.79 Å². The van der Waals surface area contributed by atoms with Gasteiger partial charge >= 0.3 is 0 Å². The summed E-state index contributed by atoms with van der Waals surface area (Å²) in [5.41, 5.74) is 1.45. The van der Waals surface area contributed by atoms with Gasteiger partial charge in [-0.15, -0.1) is 0 Å². The fourth-order valence-corrected chi connectivity index (χ4v) is 1.70. The molecule has 0 unspecified atom stereocenters. The van der Waals surface area contributed by atoms with Crippen LogP contribution in [-0.4, -0.2) is 0 Å². The van der Waals surface area contributed by atoms with E-state index in [0.717, 1.165) is 5.69 Å². The third-order valence-corrected chi connectivity index (χ3v) is 2.46. The van der Waals surface area contributed by atoms with Gasteiger partial charge in [0.05, 0.1) is 11.4 Å². The highest BCUT2D eigenvalue weighted by molar-refractivity contribution is 5.74. The van der Waals surface area contributed by atoms with E-state index in [1.165, 1.54) is 6.07 Å². The maximum absolute atomic E-state index is 11.7. The number of benzene rings is 1. The Kier molecular flexibility index (Phi) is 1.90. The average Bonchev–Trinajstić information content (AvgIpc) is 2.49. The van der Waals surface area contributed by atoms with Crippen LogP contribution >= 0.6 is 0 Å². The predicted molar refractivity (Wildman–Crippen MR) is 62.5 cm³/mol. The van der Waals surface area contributed by atoms with E-state index in [4.69, 9.17) is 4.74 Å². The molecule has 0 atom stereocenters. The van der Waals surface area contributed by atoms with E-state index in [2.05, 4.69) is 5.32 Å². The van der Waals surface area contributed by atoms with Crippen LogP contribution in [0.15, 0.2) is 53.3 Å². The van der Waals surface area contributed by atoms with Crippen molar-refractivity contribution in [1.82, 2.24) is 0 Å². The van der Waals surface area contributed by atoms with E-state index in [1.54, 1.807) is 6.07 Å². The lowest BCUT2D eigenvalue weighted by atomic mass is 10.2. The standard InChI is InChI=1S/C13H9NO2/c15-11-7-3-1-6-10-13(11)16-12-8-4-2-5-9(12)14-10/h1-8,14H. The molecule has 1 aliphatic rings. The summed E-state index contributed by atoms with van der Waals surface area (Å²) in [7, 11) is 0. The third kappa shape index (κ3) is 1.34. The summed E-state index contributed by atoms with van der Waals surface area (Å²) in [5.74, 6) is 1.03. The highest BCUT2D eigenvalue weighted by Crippen LogP contribution is 2.38. The molecule has 0 bridgehead atoms. The van der Waals surface area contributed by atoms with Crippen molar-refractivity contribution in [2.45, 2.75) is 0 Å². The summed E-state index contributed by atoms with van der Waals surface area (Å²) in [4.78, 5) is 11.7. The zero-order valence-electron chi connectivity index (χ0n) is 8.44. The van der Waals surface area contributed by atoms with Crippen LogP contribution in [0.2, 0.25) is 0 Å². The van der Waals surface area contributed by atoms with E-state index >= 15 is 0 Å². The number of rotatable bonds is 0. The molecule has 3 nitrogen and oxygen atoms in total. The van der Waals surface area contributed by atoms with Crippen LogP contribution in [0, 0.1) is 0 Å². The molecule has 3 rings (SSSR count). The first-order valence-electron chi connectivity index (χ1n) is 5.02. The number of hydrogen-bond donors (Lipinski definition) is 1. The van der Waals surface area contributed by atoms with E-state index in [0.29, 0.717) is 17.2 Å². The first kappa shape index (κ1) is 8.97. The van der Waals surface area contributed by atoms with Crippen LogP contribution in [-0.2, 0) is 0 Å². The minimum absolute atomic E-state index is 0.123. The number of hydrogen-bond acceptors (Lipinski definition) is 3. The van der Waals surface area contributed by atoms with Crippen LogP contribution in [0.1, 0.15) is 0 Å². The summed E-state index contributed by atoms with van der Waals surface area (Å²) >= 11 is 0. The van der Waals surface area contributed by atoms with Crippen molar-refractivity contribution in [1.29, 1.82) is 0 Å². The van der Waals surface area contributed by atoms with Crippen LogP contribution in [0.4, 0.5) is 11.4 Å². The SMILES string of the molecule is O=c1ccccc2c1Oc1ccccc1N2. The Balaban J connectivity index is 2.22. The molecule has 2 aromatic carbocycles. The van der Waals surface area contributed by atoms with Crippen LogP contribution in [0.3, 0.4) is 0 Å². The summed E-state index contributed by atoms with van der Waals surface area (Å²) < 4.78 is 5.59. The largest absolute Gasteiger partial charge is 0.449 e. The lowest BCUT2D eigenvalue weighted by Crippen LogP contribution is -2.08. The molecule has 16 heavy (non-hydrogen) atoms. The molecule has 0 radical (unpaired) electrons. The molecule has 0 aliphatic carbocycles. The van der Waals surface area contributed by atoms with Crippen molar-refractivity contribution >= 4 is 11.4 Å². The second kappa shape index (κ2) is 3.38. The lowest BCUT2D eigenvalue weighted by Gasteiger charge is -2.19. The second-order valence-corrected chi connectivity index (χ2v) is 3.55. The first-order chi connectivity index (χ1) is 7.84. The van der Waals surface area contributed by atoms with E-state index in [-0.39, 0.29) is 5.43 Å². The Labute approximate surface area is 92.3 Å². The summed E-state index contributed by atoms with van der Waals surface area (Å²) in [6.45, 7) is 0. The fourth-order valence-electron chi connectivity index (χ4n) is 1.70. The Hall–Kier alpha value is -2.29. The van der Waals surface area contributed by atoms with Crippen molar-refractivity contribution in [3.05, 3.63) is 58.8 Å². The van der Waals surface area contributed by atoms with Gasteiger partial charge in [-0.2, -0.15) is 0 Å². The molecule has 1 N–H and O–H groups in total. The Morgan fingerprint density at radius 3 is 2.44 bits per heavy atom. The summed E-state index contributed by atoms with van der Waals surface area (Å²) in [6.07, 6.45) is 0. The molecule has 0 aromatic heterocycles. The number of para-hydroxylation sites is 2. The zero-order valence-corrected chi connectivity index (χ0v) is 8.44. The van der Waals surface area contributed by atoms with Gasteiger partial charge < -0.3 is 10.1 Å². The Morgan fingerprint density at radius 1 is 0.875 bits per heavy atom. The van der Waals surface area contributed by atoms with Gasteiger partial charge in [0.1, 0.15) is 0 Å². The molecule has 3 heteroatoms. The normalized spacial score (nSPS) is 11.8. The number of ether oxygens (including phenoxy) is 1.